The topological polar surface area (TPSA) is 51.4 Å². The molecule has 0 aromatic carbocycles. The molecular weight excluding hydrogens is 202 g/mol. The van der Waals surface area contributed by atoms with Gasteiger partial charge in [-0.15, -0.1) is 0 Å². The zero-order valence-corrected chi connectivity index (χ0v) is 9.72. The molecule has 2 N–H and O–H groups in total. The van der Waals surface area contributed by atoms with Crippen molar-refractivity contribution in [3.8, 4) is 0 Å². The maximum Gasteiger partial charge on any atom is 0.128 e. The van der Waals surface area contributed by atoms with Crippen LogP contribution in [0.3, 0.4) is 0 Å². The number of hydrogen-bond donors (Lipinski definition) is 1. The Kier molecular flexibility index (Phi) is 3.74. The summed E-state index contributed by atoms with van der Waals surface area (Å²) in [6.07, 6.45) is 0.832. The Balaban J connectivity index is 2.08. The summed E-state index contributed by atoms with van der Waals surface area (Å²) in [4.78, 5) is 6.89. The normalized spacial score (nSPS) is 18.5. The highest BCUT2D eigenvalue weighted by atomic mass is 16.5. The molecule has 0 amide bonds. The molecule has 0 saturated carbocycles. The first-order chi connectivity index (χ1) is 7.75. The molecule has 1 fully saturated rings. The van der Waals surface area contributed by atoms with Crippen molar-refractivity contribution >= 4 is 5.82 Å². The van der Waals surface area contributed by atoms with Crippen molar-refractivity contribution in [1.29, 1.82) is 0 Å². The molecule has 1 unspecified atom stereocenters. The highest BCUT2D eigenvalue weighted by Crippen LogP contribution is 2.13. The van der Waals surface area contributed by atoms with Crippen molar-refractivity contribution in [2.75, 3.05) is 31.2 Å². The number of nitrogens with zero attached hydrogens (tertiary/aromatic N) is 2. The van der Waals surface area contributed by atoms with Gasteiger partial charge in [-0.05, 0) is 19.1 Å². The van der Waals surface area contributed by atoms with Crippen molar-refractivity contribution in [2.24, 2.45) is 5.73 Å². The van der Waals surface area contributed by atoms with Gasteiger partial charge in [-0.1, -0.05) is 6.07 Å². The average Bonchev–Trinajstić information content (AvgIpc) is 2.30. The second kappa shape index (κ2) is 5.27. The number of hydrogen-bond acceptors (Lipinski definition) is 4. The molecule has 1 saturated heterocycles. The summed E-state index contributed by atoms with van der Waals surface area (Å²) in [5.74, 6) is 1.04. The Morgan fingerprint density at radius 2 is 2.19 bits per heavy atom. The fraction of sp³-hybridized carbons (Fsp3) is 0.583. The van der Waals surface area contributed by atoms with Crippen LogP contribution in [0, 0.1) is 0 Å². The molecule has 0 bridgehead atoms. The number of nitrogens with two attached hydrogens (primary N) is 1. The molecule has 4 nitrogen and oxygen atoms in total. The first-order valence-electron chi connectivity index (χ1n) is 5.80. The summed E-state index contributed by atoms with van der Waals surface area (Å²) < 4.78 is 5.33. The SMILES string of the molecule is CC(N)Cc1cccc(N2CCOCC2)n1. The van der Waals surface area contributed by atoms with Crippen LogP contribution < -0.4 is 10.6 Å². The third-order valence-corrected chi connectivity index (χ3v) is 2.66. The summed E-state index contributed by atoms with van der Waals surface area (Å²) >= 11 is 0. The Morgan fingerprint density at radius 3 is 2.88 bits per heavy atom. The quantitative estimate of drug-likeness (QED) is 0.820. The van der Waals surface area contributed by atoms with E-state index in [1.807, 2.05) is 13.0 Å². The zero-order chi connectivity index (χ0) is 11.4. The lowest BCUT2D eigenvalue weighted by Crippen LogP contribution is -2.36. The number of rotatable bonds is 3. The van der Waals surface area contributed by atoms with Crippen LogP contribution in [0.1, 0.15) is 12.6 Å². The lowest BCUT2D eigenvalue weighted by Gasteiger charge is -2.28. The van der Waals surface area contributed by atoms with Crippen LogP contribution in [-0.2, 0) is 11.2 Å². The van der Waals surface area contributed by atoms with E-state index in [2.05, 4.69) is 22.0 Å². The van der Waals surface area contributed by atoms with Crippen molar-refractivity contribution < 1.29 is 4.74 Å². The zero-order valence-electron chi connectivity index (χ0n) is 9.72. The maximum atomic E-state index is 5.78. The van der Waals surface area contributed by atoms with Gasteiger partial charge in [0.2, 0.25) is 0 Å². The molecule has 0 radical (unpaired) electrons. The number of pyridine rings is 1. The van der Waals surface area contributed by atoms with E-state index in [4.69, 9.17) is 10.5 Å². The van der Waals surface area contributed by atoms with Crippen LogP contribution >= 0.6 is 0 Å². The Bertz CT molecular complexity index is 335. The van der Waals surface area contributed by atoms with Gasteiger partial charge in [0.1, 0.15) is 5.82 Å². The Labute approximate surface area is 96.4 Å². The molecule has 88 valence electrons. The predicted octanol–water partition coefficient (Wildman–Crippen LogP) is 0.808. The fourth-order valence-electron chi connectivity index (χ4n) is 1.88. The van der Waals surface area contributed by atoms with Crippen molar-refractivity contribution in [3.63, 3.8) is 0 Å². The minimum atomic E-state index is 0.160. The molecule has 1 aliphatic heterocycles. The smallest absolute Gasteiger partial charge is 0.128 e. The second-order valence-corrected chi connectivity index (χ2v) is 4.27. The average molecular weight is 221 g/mol. The summed E-state index contributed by atoms with van der Waals surface area (Å²) in [5, 5.41) is 0. The van der Waals surface area contributed by atoms with E-state index in [1.165, 1.54) is 0 Å². The molecular formula is C12H19N3O. The van der Waals surface area contributed by atoms with Crippen LogP contribution in [0.2, 0.25) is 0 Å². The Hall–Kier alpha value is -1.13. The summed E-state index contributed by atoms with van der Waals surface area (Å²) in [6, 6.07) is 6.30. The molecule has 1 atom stereocenters. The first kappa shape index (κ1) is 11.4. The van der Waals surface area contributed by atoms with Gasteiger partial charge >= 0.3 is 0 Å². The van der Waals surface area contributed by atoms with Crippen LogP contribution in [0.15, 0.2) is 18.2 Å². The number of anilines is 1. The largest absolute Gasteiger partial charge is 0.378 e. The van der Waals surface area contributed by atoms with E-state index < -0.39 is 0 Å². The van der Waals surface area contributed by atoms with E-state index in [-0.39, 0.29) is 6.04 Å². The number of aromatic nitrogens is 1. The summed E-state index contributed by atoms with van der Waals surface area (Å²) in [6.45, 7) is 5.44. The molecule has 1 aromatic rings. The minimum absolute atomic E-state index is 0.160. The second-order valence-electron chi connectivity index (χ2n) is 4.27. The molecule has 0 spiro atoms. The molecule has 1 aliphatic rings. The third kappa shape index (κ3) is 2.93. The molecule has 4 heteroatoms. The maximum absolute atomic E-state index is 5.78. The van der Waals surface area contributed by atoms with Gasteiger partial charge < -0.3 is 15.4 Å². The van der Waals surface area contributed by atoms with E-state index >= 15 is 0 Å². The van der Waals surface area contributed by atoms with Crippen LogP contribution in [0.25, 0.3) is 0 Å². The van der Waals surface area contributed by atoms with Gasteiger partial charge in [0.05, 0.1) is 13.2 Å². The number of ether oxygens (including phenoxy) is 1. The van der Waals surface area contributed by atoms with Gasteiger partial charge in [-0.25, -0.2) is 4.98 Å². The molecule has 1 aromatic heterocycles. The van der Waals surface area contributed by atoms with Crippen molar-refractivity contribution in [2.45, 2.75) is 19.4 Å². The van der Waals surface area contributed by atoms with Gasteiger partial charge in [0.25, 0.3) is 0 Å². The van der Waals surface area contributed by atoms with E-state index in [0.717, 1.165) is 44.2 Å². The standard InChI is InChI=1S/C12H19N3O/c1-10(13)9-11-3-2-4-12(14-11)15-5-7-16-8-6-15/h2-4,10H,5-9,13H2,1H3. The highest BCUT2D eigenvalue weighted by molar-refractivity contribution is 5.39. The van der Waals surface area contributed by atoms with Crippen LogP contribution in [0.4, 0.5) is 5.82 Å². The van der Waals surface area contributed by atoms with Crippen molar-refractivity contribution in [1.82, 2.24) is 4.98 Å². The molecule has 0 aliphatic carbocycles. The first-order valence-corrected chi connectivity index (χ1v) is 5.80. The predicted molar refractivity (Wildman–Crippen MR) is 64.6 cm³/mol. The van der Waals surface area contributed by atoms with Gasteiger partial charge in [0.15, 0.2) is 0 Å². The third-order valence-electron chi connectivity index (χ3n) is 2.66. The van der Waals surface area contributed by atoms with Gasteiger partial charge in [-0.3, -0.25) is 0 Å². The Morgan fingerprint density at radius 1 is 1.44 bits per heavy atom. The summed E-state index contributed by atoms with van der Waals surface area (Å²) in [5.41, 5.74) is 6.85. The summed E-state index contributed by atoms with van der Waals surface area (Å²) in [7, 11) is 0. The highest BCUT2D eigenvalue weighted by Gasteiger charge is 2.12. The van der Waals surface area contributed by atoms with Crippen molar-refractivity contribution in [3.05, 3.63) is 23.9 Å². The minimum Gasteiger partial charge on any atom is -0.378 e. The van der Waals surface area contributed by atoms with Gasteiger partial charge in [-0.2, -0.15) is 0 Å². The van der Waals surface area contributed by atoms with E-state index in [0.29, 0.717) is 0 Å². The lowest BCUT2D eigenvalue weighted by atomic mass is 10.2. The van der Waals surface area contributed by atoms with Gasteiger partial charge in [0, 0.05) is 31.2 Å². The van der Waals surface area contributed by atoms with Crippen LogP contribution in [-0.4, -0.2) is 37.3 Å². The molecule has 16 heavy (non-hydrogen) atoms. The molecule has 2 rings (SSSR count). The number of morpholine rings is 1. The fourth-order valence-corrected chi connectivity index (χ4v) is 1.88. The molecule has 2 heterocycles. The van der Waals surface area contributed by atoms with E-state index in [9.17, 15) is 0 Å². The monoisotopic (exact) mass is 221 g/mol. The van der Waals surface area contributed by atoms with E-state index in [1.54, 1.807) is 0 Å². The lowest BCUT2D eigenvalue weighted by molar-refractivity contribution is 0.122. The van der Waals surface area contributed by atoms with Crippen LogP contribution in [0.5, 0.6) is 0 Å².